The third-order valence-corrected chi connectivity index (χ3v) is 28.7. The van der Waals surface area contributed by atoms with E-state index < -0.39 is 213 Å². The number of fused-ring (bicyclic) bond motifs is 2. The van der Waals surface area contributed by atoms with Gasteiger partial charge in [-0.1, -0.05) is 171 Å². The van der Waals surface area contributed by atoms with E-state index in [2.05, 4.69) is 0 Å². The number of hydrogen-bond donors (Lipinski definition) is 8. The molecule has 4 saturated carbocycles. The van der Waals surface area contributed by atoms with Crippen molar-refractivity contribution in [3.8, 4) is 0 Å². The lowest BCUT2D eigenvalue weighted by molar-refractivity contribution is -0.323. The molecule has 4 aromatic carbocycles. The van der Waals surface area contributed by atoms with Crippen LogP contribution in [0.1, 0.15) is 340 Å². The van der Waals surface area contributed by atoms with Crippen LogP contribution >= 0.6 is 0 Å². The van der Waals surface area contributed by atoms with E-state index in [-0.39, 0.29) is 84.6 Å². The van der Waals surface area contributed by atoms with Gasteiger partial charge in [-0.3, -0.25) is 0 Å². The van der Waals surface area contributed by atoms with E-state index in [4.69, 9.17) is 29.2 Å². The molecule has 4 fully saturated rings. The Morgan fingerprint density at radius 2 is 0.468 bits per heavy atom. The molecule has 4 aromatic rings. The van der Waals surface area contributed by atoms with Gasteiger partial charge in [0.15, 0.2) is 56.0 Å². The summed E-state index contributed by atoms with van der Waals surface area (Å²) in [6, 6.07) is 12.1. The highest BCUT2D eigenvalue weighted by atomic mass is 19.4. The third kappa shape index (κ3) is 28.6. The molecule has 0 aromatic heterocycles. The van der Waals surface area contributed by atoms with Crippen LogP contribution < -0.4 is 0 Å². The molecule has 20 atom stereocenters. The van der Waals surface area contributed by atoms with Gasteiger partial charge in [0.05, 0.1) is 38.6 Å². The number of hydrogen-bond acceptors (Lipinski definition) is 12. The highest BCUT2D eigenvalue weighted by Crippen LogP contribution is 2.67. The van der Waals surface area contributed by atoms with Crippen molar-refractivity contribution in [3.63, 3.8) is 0 Å². The van der Waals surface area contributed by atoms with E-state index in [9.17, 15) is 162 Å². The Bertz CT molecular complexity index is 4120. The molecule has 20 unspecified atom stereocenters. The molecular formula is C97H138F30O12. The summed E-state index contributed by atoms with van der Waals surface area (Å²) in [5.41, 5.74) is -34.8. The zero-order valence-corrected chi connectivity index (χ0v) is 79.8. The summed E-state index contributed by atoms with van der Waals surface area (Å²) >= 11 is 0. The number of halogens is 30. The van der Waals surface area contributed by atoms with Crippen LogP contribution in [-0.4, -0.2) is 152 Å². The van der Waals surface area contributed by atoms with Gasteiger partial charge in [0, 0.05) is 11.8 Å². The van der Waals surface area contributed by atoms with Gasteiger partial charge < -0.3 is 59.8 Å². The van der Waals surface area contributed by atoms with Gasteiger partial charge in [0.1, 0.15) is 0 Å². The minimum absolute atomic E-state index is 0. The second-order valence-electron chi connectivity index (χ2n) is 38.5. The monoisotopic (exact) mass is 2060 g/mol. The van der Waals surface area contributed by atoms with Crippen LogP contribution in [-0.2, 0) is 63.8 Å². The van der Waals surface area contributed by atoms with Crippen molar-refractivity contribution >= 4 is 0 Å². The van der Waals surface area contributed by atoms with Gasteiger partial charge in [0.25, 0.3) is 0 Å². The molecule has 0 heterocycles. The van der Waals surface area contributed by atoms with Gasteiger partial charge in [-0.25, -0.2) is 0 Å². The lowest BCUT2D eigenvalue weighted by Gasteiger charge is -2.50. The molecule has 4 aliphatic carbocycles. The maximum Gasteiger partial charge on any atom is 0.421 e. The number of aliphatic hydroxyl groups is 8. The van der Waals surface area contributed by atoms with Gasteiger partial charge >= 0.3 is 61.8 Å². The van der Waals surface area contributed by atoms with Crippen LogP contribution in [0.2, 0.25) is 0 Å². The molecule has 0 radical (unpaired) electrons. The van der Waals surface area contributed by atoms with Crippen LogP contribution in [0.15, 0.2) is 72.8 Å². The first kappa shape index (κ1) is 129. The number of aliphatic hydroxyl groups excluding tert-OH is 2. The quantitative estimate of drug-likeness (QED) is 0.0251. The Hall–Kier alpha value is -5.70. The van der Waals surface area contributed by atoms with Crippen LogP contribution in [0.5, 0.6) is 0 Å². The van der Waals surface area contributed by atoms with E-state index in [0.717, 1.165) is 88.8 Å². The zero-order chi connectivity index (χ0) is 107. The van der Waals surface area contributed by atoms with Crippen molar-refractivity contribution in [2.24, 2.45) is 35.5 Å². The van der Waals surface area contributed by atoms with Crippen molar-refractivity contribution in [1.82, 2.24) is 0 Å². The van der Waals surface area contributed by atoms with E-state index >= 15 is 0 Å². The van der Waals surface area contributed by atoms with E-state index in [1.165, 1.54) is 24.3 Å². The minimum Gasteiger partial charge on any atom is -0.394 e. The smallest absolute Gasteiger partial charge is 0.394 e. The highest BCUT2D eigenvalue weighted by molar-refractivity contribution is 5.44. The van der Waals surface area contributed by atoms with Crippen molar-refractivity contribution in [3.05, 3.63) is 140 Å². The summed E-state index contributed by atoms with van der Waals surface area (Å²) in [5, 5.41) is 77.2. The lowest BCUT2D eigenvalue weighted by atomic mass is 9.59. The topological polar surface area (TPSA) is 199 Å². The fourth-order valence-electron chi connectivity index (χ4n) is 17.3. The van der Waals surface area contributed by atoms with Crippen LogP contribution in [0.4, 0.5) is 132 Å². The van der Waals surface area contributed by atoms with Gasteiger partial charge in [-0.2, -0.15) is 132 Å². The molecule has 808 valence electrons. The summed E-state index contributed by atoms with van der Waals surface area (Å²) in [7, 11) is 0. The molecule has 0 aliphatic heterocycles. The maximum atomic E-state index is 14.6. The molecule has 42 heteroatoms. The van der Waals surface area contributed by atoms with Crippen molar-refractivity contribution < 1.29 is 192 Å². The molecule has 0 amide bonds. The lowest BCUT2D eigenvalue weighted by Crippen LogP contribution is -2.62. The first-order chi connectivity index (χ1) is 61.5. The average Bonchev–Trinajstić information content (AvgIpc) is 1.54. The summed E-state index contributed by atoms with van der Waals surface area (Å²) in [4.78, 5) is 0. The fraction of sp³-hybridized carbons (Fsp3) is 0.753. The van der Waals surface area contributed by atoms with Crippen LogP contribution in [0, 0.1) is 35.5 Å². The average molecular weight is 2070 g/mol. The van der Waals surface area contributed by atoms with E-state index in [1.807, 2.05) is 13.8 Å². The number of ether oxygens (including phenoxy) is 4. The molecule has 8 N–H and O–H groups in total. The number of benzene rings is 4. The highest BCUT2D eigenvalue weighted by Gasteiger charge is 2.74. The molecule has 2 bridgehead atoms. The molecular weight excluding hydrogens is 1930 g/mol. The molecule has 4 aliphatic rings. The van der Waals surface area contributed by atoms with Crippen LogP contribution in [0.25, 0.3) is 0 Å². The number of rotatable bonds is 28. The predicted octanol–water partition coefficient (Wildman–Crippen LogP) is 28.7. The SMILES string of the molecule is C.C.CC1C(C)C2CC1C(C(C)(O)C(F)(F)F)C2C(C)(O)C(F)(F)F.CCC(C)c1cc(C(C)(O)C(F)(F)F)cc(C(C)(O)C(F)(F)F)c1.CCC(C)c1cc(C(C)(O)C(F)(F)F)cc(C(C)(O)C(F)(F)F)c1.CCC(C)c1cc(C(C)(OC2CCCCC2)C(F)(F)F)cc(C(C)(OC2CCCCC2)C(F)(F)F)c1.CCC(C)c1cc(C(C)(OCCO)C(F)(F)F)cc(C(C)(OCCO)C(F)(F)F)c1. The molecule has 8 rings (SSSR count). The minimum atomic E-state index is -5.08. The Labute approximate surface area is 793 Å². The summed E-state index contributed by atoms with van der Waals surface area (Å²) < 4.78 is 429. The Kier molecular flexibility index (Phi) is 43.3. The molecule has 12 nitrogen and oxygen atoms in total. The van der Waals surface area contributed by atoms with Crippen molar-refractivity contribution in [2.45, 2.75) is 403 Å². The standard InChI is InChI=1S/C28H40F6O2.C20H28F6O4.2C16H20F6O2.C15H22F6O2.2CH4/c1-5-19(2)20-16-21(25(3,27(29,30)31)35-23-12-8-6-9-13-23)18-22(17-20)26(4,28(32,33)34)36-24-14-10-7-11-15-24;1-5-13(2)14-10-15(17(3,19(21,22)23)29-8-6-27)12-16(11-14)18(4,20(24,25)26)30-9-7-28;2*1-5-9(2)10-6-11(13(3,23)15(17,18)19)8-12(7-10)14(4,24)16(20,21)22;1-6-7(2)9-5-8(6)10(12(3,22)14(16,17)18)11(9)13(4,23)15(19,20)21;;/h16-19,23-24H,5-15H2,1-4H3;10-13,27-28H,5-9H2,1-4H3;2*6-9,23-24H,5H2,1-4H3;6-11,22-23H,5H2,1-4H3;2*1H4. The van der Waals surface area contributed by atoms with Crippen molar-refractivity contribution in [1.29, 1.82) is 0 Å². The first-order valence-corrected chi connectivity index (χ1v) is 45.0. The predicted molar refractivity (Wildman–Crippen MR) is 462 cm³/mol. The third-order valence-electron chi connectivity index (χ3n) is 28.7. The largest absolute Gasteiger partial charge is 0.421 e. The van der Waals surface area contributed by atoms with Crippen LogP contribution in [0.3, 0.4) is 0 Å². The summed E-state index contributed by atoms with van der Waals surface area (Å²) in [6.07, 6.45) is -42.0. The second-order valence-corrected chi connectivity index (χ2v) is 38.5. The Balaban J connectivity index is 0.000000592. The van der Waals surface area contributed by atoms with Gasteiger partial charge in [-0.05, 0) is 265 Å². The summed E-state index contributed by atoms with van der Waals surface area (Å²) in [5.74, 6) is -6.52. The number of alkyl halides is 30. The van der Waals surface area contributed by atoms with E-state index in [0.29, 0.717) is 124 Å². The molecule has 139 heavy (non-hydrogen) atoms. The Morgan fingerprint density at radius 3 is 0.640 bits per heavy atom. The zero-order valence-electron chi connectivity index (χ0n) is 79.8. The van der Waals surface area contributed by atoms with E-state index in [1.54, 1.807) is 55.4 Å². The fourth-order valence-corrected chi connectivity index (χ4v) is 17.3. The maximum absolute atomic E-state index is 14.6. The Morgan fingerprint density at radius 1 is 0.281 bits per heavy atom. The molecule has 0 saturated heterocycles. The summed E-state index contributed by atoms with van der Waals surface area (Å²) in [6.45, 7) is 20.8. The van der Waals surface area contributed by atoms with Crippen molar-refractivity contribution in [2.75, 3.05) is 26.4 Å². The van der Waals surface area contributed by atoms with Gasteiger partial charge in [-0.15, -0.1) is 0 Å². The second kappa shape index (κ2) is 46.6. The first-order valence-electron chi connectivity index (χ1n) is 45.0. The van der Waals surface area contributed by atoms with Gasteiger partial charge in [0.2, 0.25) is 0 Å². The molecule has 0 spiro atoms. The normalized spacial score (nSPS) is 23.8.